The van der Waals surface area contributed by atoms with E-state index >= 15 is 0 Å². The molecule has 0 bridgehead atoms. The molecule has 1 aromatic heterocycles. The average Bonchev–Trinajstić information content (AvgIpc) is 3.39. The van der Waals surface area contributed by atoms with E-state index in [0.29, 0.717) is 3.53 Å². The fourth-order valence-electron chi connectivity index (χ4n) is 3.90. The van der Waals surface area contributed by atoms with E-state index in [-0.39, 0.29) is 10.1 Å². The predicted molar refractivity (Wildman–Crippen MR) is 239 cm³/mol. The maximum absolute atomic E-state index is 7.64. The van der Waals surface area contributed by atoms with Gasteiger partial charge in [0.25, 0.3) is 0 Å². The van der Waals surface area contributed by atoms with Gasteiger partial charge in [-0.2, -0.15) is 0 Å². The van der Waals surface area contributed by atoms with E-state index in [0.717, 1.165) is 74.9 Å². The normalized spacial score (nSPS) is 11.8. The second kappa shape index (κ2) is 22.1. The SMILES string of the molecule is Cc1cc(-c2onc(Br)c2CCCO[Si](C)(C)C(C)(C)C)ccc1Br.Cc1cc(C#CCCCO[Si](C)(C)C(C)(C)C)ccc1Br.ON=C(Br)Br. The molecule has 1 heterocycles. The number of halogens is 5. The molecule has 0 fully saturated rings. The monoisotopic (exact) mass is 1050 g/mol. The Morgan fingerprint density at radius 3 is 1.78 bits per heavy atom. The van der Waals surface area contributed by atoms with Crippen LogP contribution in [-0.2, 0) is 15.3 Å². The minimum atomic E-state index is -1.69. The Kier molecular flexibility index (Phi) is 21.0. The molecule has 51 heavy (non-hydrogen) atoms. The van der Waals surface area contributed by atoms with Gasteiger partial charge in [-0.1, -0.05) is 95.6 Å². The Morgan fingerprint density at radius 2 is 1.31 bits per heavy atom. The van der Waals surface area contributed by atoms with E-state index in [4.69, 9.17) is 18.6 Å². The minimum absolute atomic E-state index is 0.241. The number of benzene rings is 2. The maximum Gasteiger partial charge on any atom is 0.191 e. The largest absolute Gasteiger partial charge is 0.417 e. The number of nitrogens with zero attached hydrogens (tertiary/aromatic N) is 2. The third-order valence-corrected chi connectivity index (χ3v) is 21.0. The van der Waals surface area contributed by atoms with Crippen molar-refractivity contribution >= 4 is 99.8 Å². The number of oxime groups is 1. The summed E-state index contributed by atoms with van der Waals surface area (Å²) in [5.41, 5.74) is 5.65. The first-order valence-corrected chi connectivity index (χ1v) is 26.7. The molecule has 0 aliphatic carbocycles. The molecule has 1 N–H and O–H groups in total. The Bertz CT molecular complexity index is 1630. The molecule has 0 aliphatic heterocycles. The lowest BCUT2D eigenvalue weighted by Gasteiger charge is -2.36. The van der Waals surface area contributed by atoms with Crippen molar-refractivity contribution in [2.24, 2.45) is 5.16 Å². The average molecular weight is 1060 g/mol. The van der Waals surface area contributed by atoms with Crippen molar-refractivity contribution in [1.29, 1.82) is 0 Å². The van der Waals surface area contributed by atoms with Crippen molar-refractivity contribution in [3.05, 3.63) is 72.2 Å². The maximum atomic E-state index is 7.64. The van der Waals surface area contributed by atoms with Gasteiger partial charge in [0.1, 0.15) is 0 Å². The van der Waals surface area contributed by atoms with Crippen LogP contribution in [0, 0.1) is 25.7 Å². The summed E-state index contributed by atoms with van der Waals surface area (Å²) in [6.07, 6.45) is 3.73. The highest BCUT2D eigenvalue weighted by Gasteiger charge is 2.37. The van der Waals surface area contributed by atoms with Gasteiger partial charge in [0.2, 0.25) is 0 Å². The highest BCUT2D eigenvalue weighted by Crippen LogP contribution is 2.38. The van der Waals surface area contributed by atoms with E-state index in [2.05, 4.69) is 214 Å². The Labute approximate surface area is 351 Å². The molecule has 0 aliphatic rings. The lowest BCUT2D eigenvalue weighted by molar-refractivity contribution is 0.282. The number of hydrogen-bond donors (Lipinski definition) is 1. The van der Waals surface area contributed by atoms with E-state index in [1.165, 1.54) is 11.1 Å². The van der Waals surface area contributed by atoms with Gasteiger partial charge in [-0.25, -0.2) is 0 Å². The van der Waals surface area contributed by atoms with Gasteiger partial charge in [0.05, 0.1) is 0 Å². The summed E-state index contributed by atoms with van der Waals surface area (Å²) in [7, 11) is -3.28. The summed E-state index contributed by atoms with van der Waals surface area (Å²) in [4.78, 5) is 0. The summed E-state index contributed by atoms with van der Waals surface area (Å²) < 4.78 is 21.3. The van der Waals surface area contributed by atoms with Crippen LogP contribution in [0.15, 0.2) is 59.6 Å². The predicted octanol–water partition coefficient (Wildman–Crippen LogP) is 14.6. The second-order valence-corrected chi connectivity index (χ2v) is 29.9. The molecule has 3 rings (SSSR count). The lowest BCUT2D eigenvalue weighted by atomic mass is 10.0. The molecule has 0 spiro atoms. The van der Waals surface area contributed by atoms with Crippen LogP contribution in [0.2, 0.25) is 36.3 Å². The Balaban J connectivity index is 0.000000456. The zero-order valence-corrected chi connectivity index (χ0v) is 42.1. The van der Waals surface area contributed by atoms with Gasteiger partial charge in [-0.05, 0) is 165 Å². The number of aromatic nitrogens is 1. The third-order valence-electron chi connectivity index (χ3n) is 9.18. The molecule has 0 radical (unpaired) electrons. The molecule has 0 amide bonds. The van der Waals surface area contributed by atoms with E-state index < -0.39 is 16.6 Å². The third kappa shape index (κ3) is 17.2. The van der Waals surface area contributed by atoms with Crippen LogP contribution >= 0.6 is 79.6 Å². The quantitative estimate of drug-likeness (QED) is 0.0547. The smallest absolute Gasteiger partial charge is 0.191 e. The van der Waals surface area contributed by atoms with Crippen molar-refractivity contribution in [2.75, 3.05) is 13.2 Å². The minimum Gasteiger partial charge on any atom is -0.417 e. The Morgan fingerprint density at radius 1 is 0.824 bits per heavy atom. The lowest BCUT2D eigenvalue weighted by Crippen LogP contribution is -2.41. The van der Waals surface area contributed by atoms with Gasteiger partial charge in [0.15, 0.2) is 30.5 Å². The van der Waals surface area contributed by atoms with E-state index in [1.807, 2.05) is 6.07 Å². The van der Waals surface area contributed by atoms with Crippen molar-refractivity contribution < 1.29 is 18.6 Å². The number of aryl methyl sites for hydroxylation is 2. The summed E-state index contributed by atoms with van der Waals surface area (Å²) in [5.74, 6) is 7.31. The standard InChI is InChI=1S/C19H27Br2NO2Si.C18H27BrOSi.CHBr2NO/c1-13-12-14(9-10-16(13)20)17-15(18(21)22-24-17)8-7-11-23-25(5,6)19(2,3)4;1-15-14-16(11-12-17(15)19)10-8-7-9-13-20-21(5,6)18(2,3)4;2-1(3)4-5/h9-10,12H,7-8,11H2,1-6H3;11-12,14H,7,9,13H2,1-6H3;5H. The zero-order valence-electron chi connectivity index (χ0n) is 32.2. The van der Waals surface area contributed by atoms with Crippen molar-refractivity contribution in [3.8, 4) is 23.2 Å². The summed E-state index contributed by atoms with van der Waals surface area (Å²) in [6.45, 7) is 28.5. The molecule has 2 aromatic carbocycles. The highest BCUT2D eigenvalue weighted by atomic mass is 79.9. The molecule has 0 saturated heterocycles. The van der Waals surface area contributed by atoms with Gasteiger partial charge < -0.3 is 18.6 Å². The number of rotatable bonds is 10. The van der Waals surface area contributed by atoms with Gasteiger partial charge in [-0.15, -0.1) is 0 Å². The molecule has 13 heteroatoms. The van der Waals surface area contributed by atoms with Crippen molar-refractivity contribution in [2.45, 2.75) is 117 Å². The summed E-state index contributed by atoms with van der Waals surface area (Å²) in [6, 6.07) is 12.4. The van der Waals surface area contributed by atoms with Crippen LogP contribution < -0.4 is 0 Å². The van der Waals surface area contributed by atoms with Crippen molar-refractivity contribution in [1.82, 2.24) is 5.16 Å². The van der Waals surface area contributed by atoms with Crippen LogP contribution in [0.25, 0.3) is 11.3 Å². The van der Waals surface area contributed by atoms with Crippen LogP contribution in [-0.4, -0.2) is 43.7 Å². The van der Waals surface area contributed by atoms with Gasteiger partial charge in [-0.3, -0.25) is 0 Å². The first kappa shape index (κ1) is 48.5. The highest BCUT2D eigenvalue weighted by molar-refractivity contribution is 9.39. The molecular formula is C38H55Br5N2O4Si2. The Hall–Kier alpha value is -0.566. The van der Waals surface area contributed by atoms with E-state index in [1.54, 1.807) is 0 Å². The zero-order chi connectivity index (χ0) is 39.2. The molecule has 0 atom stereocenters. The van der Waals surface area contributed by atoms with E-state index in [9.17, 15) is 0 Å². The van der Waals surface area contributed by atoms with Gasteiger partial charge >= 0.3 is 0 Å². The number of unbranched alkanes of at least 4 members (excludes halogenated alkanes) is 1. The van der Waals surface area contributed by atoms with Crippen LogP contribution in [0.4, 0.5) is 0 Å². The summed E-state index contributed by atoms with van der Waals surface area (Å²) >= 11 is 16.2. The molecule has 6 nitrogen and oxygen atoms in total. The number of hydrogen-bond acceptors (Lipinski definition) is 6. The summed E-state index contributed by atoms with van der Waals surface area (Å²) in [5, 5.41) is 14.9. The first-order valence-electron chi connectivity index (χ1n) is 16.9. The van der Waals surface area contributed by atoms with Crippen LogP contribution in [0.5, 0.6) is 0 Å². The van der Waals surface area contributed by atoms with Crippen LogP contribution in [0.1, 0.15) is 83.1 Å². The van der Waals surface area contributed by atoms with Crippen molar-refractivity contribution in [3.63, 3.8) is 0 Å². The fourth-order valence-corrected chi connectivity index (χ4v) is 7.02. The molecule has 0 saturated carbocycles. The molecule has 3 aromatic rings. The molecular weight excluding hydrogens is 1000 g/mol. The van der Waals surface area contributed by atoms with Crippen LogP contribution in [0.3, 0.4) is 0 Å². The first-order chi connectivity index (χ1) is 23.4. The fraction of sp³-hybridized carbons (Fsp3) is 0.526. The molecule has 284 valence electrons. The second-order valence-electron chi connectivity index (χ2n) is 15.3. The molecule has 0 unspecified atom stereocenters. The van der Waals surface area contributed by atoms with Gasteiger partial charge in [0, 0.05) is 45.3 Å². The topological polar surface area (TPSA) is 77.1 Å².